The zero-order valence-electron chi connectivity index (χ0n) is 16.2. The first kappa shape index (κ1) is 20.4. The summed E-state index contributed by atoms with van der Waals surface area (Å²) in [5, 5.41) is 0.629. The largest absolute Gasteiger partial charge is 0.494 e. The van der Waals surface area contributed by atoms with Gasteiger partial charge in [0.05, 0.1) is 12.3 Å². The van der Waals surface area contributed by atoms with Crippen molar-refractivity contribution in [2.45, 2.75) is 6.92 Å². The van der Waals surface area contributed by atoms with Crippen molar-refractivity contribution in [1.82, 2.24) is 0 Å². The molecule has 1 amide bonds. The lowest BCUT2D eigenvalue weighted by Gasteiger charge is -2.18. The van der Waals surface area contributed by atoms with Crippen molar-refractivity contribution in [3.63, 3.8) is 0 Å². The summed E-state index contributed by atoms with van der Waals surface area (Å²) in [4.78, 5) is 19.6. The molecule has 3 aromatic carbocycles. The number of hydrogen-bond donors (Lipinski definition) is 0. The molecule has 0 atom stereocenters. The highest BCUT2D eigenvalue weighted by Gasteiger charge is 2.32. The second kappa shape index (κ2) is 8.86. The number of rotatable bonds is 5. The minimum atomic E-state index is -0.184. The van der Waals surface area contributed by atoms with E-state index < -0.39 is 0 Å². The van der Waals surface area contributed by atoms with Crippen LogP contribution in [0.25, 0.3) is 6.08 Å². The minimum absolute atomic E-state index is 0.184. The van der Waals surface area contributed by atoms with Gasteiger partial charge in [-0.25, -0.2) is 4.99 Å². The van der Waals surface area contributed by atoms with E-state index in [1.54, 1.807) is 23.1 Å². The fraction of sp³-hybridized carbons (Fsp3) is 0.0833. The lowest BCUT2D eigenvalue weighted by Crippen LogP contribution is -2.32. The topological polar surface area (TPSA) is 41.9 Å². The van der Waals surface area contributed by atoms with E-state index >= 15 is 0 Å². The van der Waals surface area contributed by atoms with Gasteiger partial charge in [-0.15, -0.1) is 0 Å². The van der Waals surface area contributed by atoms with Gasteiger partial charge in [0.2, 0.25) is 0 Å². The van der Waals surface area contributed by atoms with Crippen molar-refractivity contribution in [3.05, 3.63) is 99.1 Å². The first-order valence-electron chi connectivity index (χ1n) is 9.44. The van der Waals surface area contributed by atoms with E-state index in [1.165, 1.54) is 0 Å². The Kier molecular flexibility index (Phi) is 6.02. The SMILES string of the molecule is CCOc1ccc(/C=C2/N=C(c3ccc(Cl)cc3)N(c3ccc(Br)cc3)C2=O)cc1. The fourth-order valence-electron chi connectivity index (χ4n) is 3.12. The maximum Gasteiger partial charge on any atom is 0.282 e. The van der Waals surface area contributed by atoms with Gasteiger partial charge in [-0.2, -0.15) is 0 Å². The van der Waals surface area contributed by atoms with Crippen LogP contribution in [0.1, 0.15) is 18.1 Å². The number of ether oxygens (including phenoxy) is 1. The Hall–Kier alpha value is -2.89. The Morgan fingerprint density at radius 3 is 2.30 bits per heavy atom. The molecule has 1 aliphatic heterocycles. The Morgan fingerprint density at radius 2 is 1.67 bits per heavy atom. The van der Waals surface area contributed by atoms with E-state index in [0.717, 1.165) is 27.0 Å². The van der Waals surface area contributed by atoms with Gasteiger partial charge in [0.15, 0.2) is 0 Å². The van der Waals surface area contributed by atoms with E-state index in [-0.39, 0.29) is 5.91 Å². The first-order valence-corrected chi connectivity index (χ1v) is 10.6. The number of amidine groups is 1. The molecule has 0 saturated heterocycles. The predicted molar refractivity (Wildman–Crippen MR) is 125 cm³/mol. The standard InChI is InChI=1S/C24H18BrClN2O2/c1-2-30-21-13-3-16(4-14-21)15-22-24(29)28(20-11-7-18(25)8-12-20)23(27-22)17-5-9-19(26)10-6-17/h3-15H,2H2,1H3/b22-15+. The highest BCUT2D eigenvalue weighted by molar-refractivity contribution is 9.10. The predicted octanol–water partition coefficient (Wildman–Crippen LogP) is 6.34. The van der Waals surface area contributed by atoms with Gasteiger partial charge in [0.25, 0.3) is 5.91 Å². The molecule has 0 fully saturated rings. The van der Waals surface area contributed by atoms with Crippen LogP contribution in [0.2, 0.25) is 5.02 Å². The number of benzene rings is 3. The van der Waals surface area contributed by atoms with Gasteiger partial charge in [-0.05, 0) is 79.2 Å². The second-order valence-electron chi connectivity index (χ2n) is 6.59. The molecule has 0 N–H and O–H groups in total. The first-order chi connectivity index (χ1) is 14.5. The molecule has 4 nitrogen and oxygen atoms in total. The van der Waals surface area contributed by atoms with Crippen LogP contribution in [-0.2, 0) is 4.79 Å². The van der Waals surface area contributed by atoms with Crippen molar-refractivity contribution < 1.29 is 9.53 Å². The molecule has 1 aliphatic rings. The number of carbonyl (C=O) groups excluding carboxylic acids is 1. The zero-order chi connectivity index (χ0) is 21.1. The molecule has 1 heterocycles. The molecular weight excluding hydrogens is 464 g/mol. The normalized spacial score (nSPS) is 14.9. The van der Waals surface area contributed by atoms with Gasteiger partial charge in [-0.3, -0.25) is 9.69 Å². The van der Waals surface area contributed by atoms with Gasteiger partial charge in [-0.1, -0.05) is 39.7 Å². The summed E-state index contributed by atoms with van der Waals surface area (Å²) < 4.78 is 6.42. The molecule has 0 aliphatic carbocycles. The zero-order valence-corrected chi connectivity index (χ0v) is 18.5. The molecule has 4 rings (SSSR count). The lowest BCUT2D eigenvalue weighted by atomic mass is 10.1. The number of halogens is 2. The number of nitrogens with zero attached hydrogens (tertiary/aromatic N) is 2. The summed E-state index contributed by atoms with van der Waals surface area (Å²) in [6, 6.07) is 22.4. The van der Waals surface area contributed by atoms with Crippen molar-refractivity contribution in [1.29, 1.82) is 0 Å². The summed E-state index contributed by atoms with van der Waals surface area (Å²) in [5.74, 6) is 1.17. The van der Waals surface area contributed by atoms with Crippen LogP contribution in [0.5, 0.6) is 5.75 Å². The van der Waals surface area contributed by atoms with Crippen LogP contribution in [0.3, 0.4) is 0 Å². The summed E-state index contributed by atoms with van der Waals surface area (Å²) in [6.45, 7) is 2.55. The third kappa shape index (κ3) is 4.32. The van der Waals surface area contributed by atoms with Crippen LogP contribution < -0.4 is 9.64 Å². The van der Waals surface area contributed by atoms with Gasteiger partial charge < -0.3 is 4.74 Å². The maximum atomic E-state index is 13.3. The molecular formula is C24H18BrClN2O2. The summed E-state index contributed by atoms with van der Waals surface area (Å²) in [6.07, 6.45) is 1.78. The monoisotopic (exact) mass is 480 g/mol. The van der Waals surface area contributed by atoms with Crippen LogP contribution >= 0.6 is 27.5 Å². The smallest absolute Gasteiger partial charge is 0.282 e. The molecule has 0 bridgehead atoms. The average molecular weight is 482 g/mol. The van der Waals surface area contributed by atoms with Gasteiger partial charge >= 0.3 is 0 Å². The second-order valence-corrected chi connectivity index (χ2v) is 7.94. The van der Waals surface area contributed by atoms with Crippen LogP contribution in [-0.4, -0.2) is 18.3 Å². The number of hydrogen-bond acceptors (Lipinski definition) is 3. The third-order valence-corrected chi connectivity index (χ3v) is 5.32. The average Bonchev–Trinajstić information content (AvgIpc) is 3.07. The molecule has 0 unspecified atom stereocenters. The molecule has 30 heavy (non-hydrogen) atoms. The Balaban J connectivity index is 1.75. The van der Waals surface area contributed by atoms with Crippen LogP contribution in [0.4, 0.5) is 5.69 Å². The van der Waals surface area contributed by atoms with Crippen molar-refractivity contribution >= 4 is 51.0 Å². The summed E-state index contributed by atoms with van der Waals surface area (Å²) in [7, 11) is 0. The number of amides is 1. The van der Waals surface area contributed by atoms with E-state index in [1.807, 2.05) is 67.6 Å². The van der Waals surface area contributed by atoms with E-state index in [2.05, 4.69) is 20.9 Å². The van der Waals surface area contributed by atoms with E-state index in [0.29, 0.717) is 23.2 Å². The third-order valence-electron chi connectivity index (χ3n) is 4.54. The molecule has 150 valence electrons. The molecule has 0 spiro atoms. The Bertz CT molecular complexity index is 1120. The van der Waals surface area contributed by atoms with Gasteiger partial charge in [0.1, 0.15) is 17.3 Å². The van der Waals surface area contributed by atoms with E-state index in [9.17, 15) is 4.79 Å². The number of aliphatic imine (C=N–C) groups is 1. The van der Waals surface area contributed by atoms with Crippen molar-refractivity contribution in [2.24, 2.45) is 4.99 Å². The summed E-state index contributed by atoms with van der Waals surface area (Å²) in [5.41, 5.74) is 2.79. The minimum Gasteiger partial charge on any atom is -0.494 e. The number of carbonyl (C=O) groups is 1. The summed E-state index contributed by atoms with van der Waals surface area (Å²) >= 11 is 9.48. The Labute approximate surface area is 188 Å². The molecule has 6 heteroatoms. The molecule has 0 radical (unpaired) electrons. The molecule has 0 saturated carbocycles. The highest BCUT2D eigenvalue weighted by Crippen LogP contribution is 2.29. The number of anilines is 1. The molecule has 3 aromatic rings. The van der Waals surface area contributed by atoms with Crippen molar-refractivity contribution in [3.8, 4) is 5.75 Å². The maximum absolute atomic E-state index is 13.3. The highest BCUT2D eigenvalue weighted by atomic mass is 79.9. The van der Waals surface area contributed by atoms with E-state index in [4.69, 9.17) is 16.3 Å². The lowest BCUT2D eigenvalue weighted by molar-refractivity contribution is -0.113. The van der Waals surface area contributed by atoms with Crippen LogP contribution in [0, 0.1) is 0 Å². The fourth-order valence-corrected chi connectivity index (χ4v) is 3.51. The van der Waals surface area contributed by atoms with Gasteiger partial charge in [0, 0.05) is 15.1 Å². The molecule has 0 aromatic heterocycles. The van der Waals surface area contributed by atoms with Crippen molar-refractivity contribution in [2.75, 3.05) is 11.5 Å². The van der Waals surface area contributed by atoms with Crippen LogP contribution in [0.15, 0.2) is 88.0 Å². The Morgan fingerprint density at radius 1 is 1.00 bits per heavy atom. The quantitative estimate of drug-likeness (QED) is 0.399.